The molecule has 262 valence electrons. The predicted octanol–water partition coefficient (Wildman–Crippen LogP) is 6.13. The number of phenolic OH excluding ortho intramolecular Hbond substituents is 1. The van der Waals surface area contributed by atoms with Crippen LogP contribution < -0.4 is 16.2 Å². The second-order valence-electron chi connectivity index (χ2n) is 13.6. The zero-order valence-electron chi connectivity index (χ0n) is 28.7. The lowest BCUT2D eigenvalue weighted by atomic mass is 10.00. The molecule has 1 amide bonds. The minimum atomic E-state index is -0.763. The van der Waals surface area contributed by atoms with E-state index in [1.807, 2.05) is 30.3 Å². The van der Waals surface area contributed by atoms with E-state index < -0.39 is 12.2 Å². The van der Waals surface area contributed by atoms with E-state index in [-0.39, 0.29) is 17.4 Å². The van der Waals surface area contributed by atoms with Gasteiger partial charge in [0.1, 0.15) is 11.9 Å². The smallest absolute Gasteiger partial charge is 0.411 e. The van der Waals surface area contributed by atoms with E-state index in [9.17, 15) is 19.8 Å². The molecular formula is C39H51N4O6+. The number of aryl methyl sites for hydroxylation is 1. The molecule has 1 fully saturated rings. The number of carbonyl (C=O) groups excluding carboxylic acids is 1. The maximum Gasteiger partial charge on any atom is 0.411 e. The number of piperidine rings is 1. The summed E-state index contributed by atoms with van der Waals surface area (Å²) in [5, 5.41) is 27.7. The second-order valence-corrected chi connectivity index (χ2v) is 13.6. The van der Waals surface area contributed by atoms with Crippen LogP contribution in [-0.4, -0.2) is 85.4 Å². The highest BCUT2D eigenvalue weighted by Crippen LogP contribution is 2.31. The van der Waals surface area contributed by atoms with Crippen molar-refractivity contribution < 1.29 is 29.0 Å². The number of H-pyrrole nitrogens is 1. The Morgan fingerprint density at radius 1 is 0.959 bits per heavy atom. The molecule has 0 unspecified atom stereocenters. The summed E-state index contributed by atoms with van der Waals surface area (Å²) in [6.45, 7) is 4.50. The van der Waals surface area contributed by atoms with Crippen molar-refractivity contribution in [3.05, 3.63) is 94.3 Å². The van der Waals surface area contributed by atoms with Crippen LogP contribution in [0, 0.1) is 0 Å². The number of quaternary nitrogens is 1. The molecule has 1 saturated heterocycles. The summed E-state index contributed by atoms with van der Waals surface area (Å²) in [5.74, 6) is -0.0183. The number of pyridine rings is 1. The molecule has 1 aliphatic heterocycles. The summed E-state index contributed by atoms with van der Waals surface area (Å²) in [7, 11) is 4.43. The quantitative estimate of drug-likeness (QED) is 0.0715. The summed E-state index contributed by atoms with van der Waals surface area (Å²) in [4.78, 5) is 27.2. The van der Waals surface area contributed by atoms with Gasteiger partial charge in [-0.15, -0.1) is 0 Å². The Kier molecular flexibility index (Phi) is 12.8. The first-order valence-corrected chi connectivity index (χ1v) is 17.5. The number of aliphatic hydroxyl groups excluding tert-OH is 1. The van der Waals surface area contributed by atoms with E-state index in [0.29, 0.717) is 36.2 Å². The molecule has 0 radical (unpaired) electrons. The number of hydrogen-bond donors (Lipinski definition) is 5. The van der Waals surface area contributed by atoms with Crippen LogP contribution in [0.4, 0.5) is 10.5 Å². The van der Waals surface area contributed by atoms with Crippen molar-refractivity contribution in [2.24, 2.45) is 0 Å². The molecule has 1 atom stereocenters. The summed E-state index contributed by atoms with van der Waals surface area (Å²) in [5.41, 5.74) is 4.60. The van der Waals surface area contributed by atoms with Crippen molar-refractivity contribution in [3.63, 3.8) is 0 Å². The lowest BCUT2D eigenvalue weighted by Gasteiger charge is -2.36. The van der Waals surface area contributed by atoms with Gasteiger partial charge in [-0.2, -0.15) is 0 Å². The van der Waals surface area contributed by atoms with Crippen molar-refractivity contribution in [2.75, 3.05) is 58.8 Å². The van der Waals surface area contributed by atoms with E-state index >= 15 is 0 Å². The van der Waals surface area contributed by atoms with Crippen molar-refractivity contribution in [1.29, 1.82) is 0 Å². The number of anilines is 1. The number of carbonyl (C=O) groups is 1. The summed E-state index contributed by atoms with van der Waals surface area (Å²) in [6, 6.07) is 22.5. The number of nitrogens with one attached hydrogen (secondary N) is 3. The number of ether oxygens (including phenoxy) is 2. The molecule has 4 aromatic rings. The van der Waals surface area contributed by atoms with E-state index in [0.717, 1.165) is 91.4 Å². The fourth-order valence-corrected chi connectivity index (χ4v) is 6.38. The van der Waals surface area contributed by atoms with Crippen LogP contribution in [-0.2, 0) is 15.9 Å². The third-order valence-corrected chi connectivity index (χ3v) is 9.29. The van der Waals surface area contributed by atoms with Gasteiger partial charge in [0.15, 0.2) is 0 Å². The minimum Gasteiger partial charge on any atom is -0.506 e. The van der Waals surface area contributed by atoms with Crippen LogP contribution in [0.3, 0.4) is 0 Å². The molecule has 2 heterocycles. The average Bonchev–Trinajstić information content (AvgIpc) is 3.09. The second kappa shape index (κ2) is 17.4. The van der Waals surface area contributed by atoms with Gasteiger partial charge >= 0.3 is 6.09 Å². The van der Waals surface area contributed by atoms with Gasteiger partial charge in [0.05, 0.1) is 44.5 Å². The number of aromatic amines is 1. The van der Waals surface area contributed by atoms with E-state index in [1.165, 1.54) is 12.1 Å². The Hall–Kier alpha value is -4.22. The SMILES string of the molecule is C[N+]1(C)CCC(OC(=O)Nc2cc(CCCOCCCCCNC[C@H](O)c3ccc(O)c4[nH]c(=O)ccc34)ccc2-c2ccccc2)CC1. The lowest BCUT2D eigenvalue weighted by molar-refractivity contribution is -0.896. The van der Waals surface area contributed by atoms with Gasteiger partial charge in [0.25, 0.3) is 0 Å². The highest BCUT2D eigenvalue weighted by molar-refractivity contribution is 5.92. The van der Waals surface area contributed by atoms with Gasteiger partial charge < -0.3 is 34.5 Å². The molecule has 5 rings (SSSR count). The number of unbranched alkanes of at least 4 members (excludes halogenated alkanes) is 2. The molecule has 3 aromatic carbocycles. The molecule has 5 N–H and O–H groups in total. The Balaban J connectivity index is 0.993. The third-order valence-electron chi connectivity index (χ3n) is 9.29. The molecular weight excluding hydrogens is 620 g/mol. The Bertz CT molecular complexity index is 1710. The van der Waals surface area contributed by atoms with Gasteiger partial charge in [-0.3, -0.25) is 10.1 Å². The first kappa shape index (κ1) is 36.1. The van der Waals surface area contributed by atoms with Crippen molar-refractivity contribution in [3.8, 4) is 16.9 Å². The summed E-state index contributed by atoms with van der Waals surface area (Å²) >= 11 is 0. The van der Waals surface area contributed by atoms with Gasteiger partial charge in [-0.1, -0.05) is 48.5 Å². The number of fused-ring (bicyclic) bond motifs is 1. The Labute approximate surface area is 288 Å². The molecule has 0 saturated carbocycles. The van der Waals surface area contributed by atoms with Crippen LogP contribution in [0.2, 0.25) is 0 Å². The van der Waals surface area contributed by atoms with Gasteiger partial charge in [0.2, 0.25) is 5.56 Å². The van der Waals surface area contributed by atoms with Gasteiger partial charge in [0, 0.05) is 49.6 Å². The number of aromatic hydroxyl groups is 1. The van der Waals surface area contributed by atoms with Crippen LogP contribution in [0.5, 0.6) is 5.75 Å². The number of aliphatic hydroxyl groups is 1. The summed E-state index contributed by atoms with van der Waals surface area (Å²) in [6.07, 6.45) is 5.18. The minimum absolute atomic E-state index is 0.0183. The normalized spacial score (nSPS) is 15.2. The first-order valence-electron chi connectivity index (χ1n) is 17.5. The molecule has 0 spiro atoms. The fourth-order valence-electron chi connectivity index (χ4n) is 6.38. The lowest BCUT2D eigenvalue weighted by Crippen LogP contribution is -2.48. The number of likely N-dealkylation sites (tertiary alicyclic amines) is 1. The zero-order chi connectivity index (χ0) is 34.6. The molecule has 0 aliphatic carbocycles. The number of phenols is 1. The zero-order valence-corrected chi connectivity index (χ0v) is 28.7. The van der Waals surface area contributed by atoms with Crippen LogP contribution in [0.1, 0.15) is 55.8 Å². The topological polar surface area (TPSA) is 133 Å². The third kappa shape index (κ3) is 10.6. The van der Waals surface area contributed by atoms with E-state index in [4.69, 9.17) is 9.47 Å². The number of rotatable bonds is 16. The van der Waals surface area contributed by atoms with E-state index in [2.05, 4.69) is 47.9 Å². The number of benzene rings is 3. The first-order chi connectivity index (χ1) is 23.7. The number of nitrogens with zero attached hydrogens (tertiary/aromatic N) is 1. The molecule has 10 heteroatoms. The van der Waals surface area contributed by atoms with Crippen molar-refractivity contribution >= 4 is 22.7 Å². The molecule has 1 aliphatic rings. The van der Waals surface area contributed by atoms with Crippen LogP contribution in [0.15, 0.2) is 77.6 Å². The fraction of sp³-hybridized carbons (Fsp3) is 0.436. The molecule has 1 aromatic heterocycles. The standard InChI is InChI=1S/C39H50N4O6/c1-43(2)22-19-30(20-23-43)49-39(47)41-34-26-28(13-14-31(34)29-11-5-3-6-12-29)10-9-25-48-24-8-4-7-21-40-27-36(45)32-15-17-35(44)38-33(32)16-18-37(46)42-38/h3,5-6,11-18,26,30,36,40,45H,4,7-10,19-25,27H2,1-2H3,(H2-,41,42,44,46,47)/p+1/t36-/m0/s1. The highest BCUT2D eigenvalue weighted by atomic mass is 16.6. The molecule has 10 nitrogen and oxygen atoms in total. The van der Waals surface area contributed by atoms with Crippen molar-refractivity contribution in [2.45, 2.75) is 57.2 Å². The molecule has 0 bridgehead atoms. The summed E-state index contributed by atoms with van der Waals surface area (Å²) < 4.78 is 12.7. The van der Waals surface area contributed by atoms with Gasteiger partial charge in [-0.25, -0.2) is 4.79 Å². The molecule has 49 heavy (non-hydrogen) atoms. The number of hydrogen-bond acceptors (Lipinski definition) is 7. The number of aromatic nitrogens is 1. The maximum absolute atomic E-state index is 12.9. The maximum atomic E-state index is 12.9. The van der Waals surface area contributed by atoms with Crippen molar-refractivity contribution in [1.82, 2.24) is 10.3 Å². The average molecular weight is 672 g/mol. The van der Waals surface area contributed by atoms with Gasteiger partial charge in [-0.05, 0) is 73.5 Å². The highest BCUT2D eigenvalue weighted by Gasteiger charge is 2.28. The monoisotopic (exact) mass is 671 g/mol. The largest absolute Gasteiger partial charge is 0.506 e. The Morgan fingerprint density at radius 3 is 2.53 bits per heavy atom. The van der Waals surface area contributed by atoms with E-state index in [1.54, 1.807) is 12.1 Å². The predicted molar refractivity (Wildman–Crippen MR) is 194 cm³/mol. The Morgan fingerprint density at radius 2 is 1.73 bits per heavy atom. The number of amides is 1. The van der Waals surface area contributed by atoms with Crippen LogP contribution >= 0.6 is 0 Å². The van der Waals surface area contributed by atoms with Crippen LogP contribution in [0.25, 0.3) is 22.0 Å².